The monoisotopic (exact) mass is 356 g/mol. The molecule has 10 heteroatoms. The number of methoxy groups -OCH3 is 1. The number of ether oxygens (including phenoxy) is 1. The number of thiophene rings is 1. The maximum absolute atomic E-state index is 12.3. The van der Waals surface area contributed by atoms with Gasteiger partial charge in [-0.05, 0) is 30.7 Å². The van der Waals surface area contributed by atoms with Gasteiger partial charge in [-0.3, -0.25) is 14.8 Å². The maximum atomic E-state index is 12.3. The Morgan fingerprint density at radius 3 is 2.43 bits per heavy atom. The highest BCUT2D eigenvalue weighted by atomic mass is 32.2. The smallest absolute Gasteiger partial charge is 0.348 e. The molecule has 0 aliphatic rings. The molecule has 23 heavy (non-hydrogen) atoms. The number of nitro benzene ring substituents is 1. The number of nitrogens with one attached hydrogen (secondary N) is 1. The SMILES string of the molecule is COC(=O)c1sc(NS(=O)(=O)c2ccc([N+](=O)[O-])cc2)cc1C. The topological polar surface area (TPSA) is 116 Å². The second-order valence-corrected chi connectivity index (χ2v) is 7.21. The molecule has 0 bridgehead atoms. The Balaban J connectivity index is 2.28. The van der Waals surface area contributed by atoms with E-state index in [1.165, 1.54) is 13.2 Å². The zero-order valence-corrected chi connectivity index (χ0v) is 13.7. The van der Waals surface area contributed by atoms with Crippen LogP contribution in [0.1, 0.15) is 15.2 Å². The predicted octanol–water partition coefficient (Wildman–Crippen LogP) is 2.55. The molecule has 0 radical (unpaired) electrons. The van der Waals surface area contributed by atoms with Gasteiger partial charge in [0.05, 0.1) is 16.9 Å². The fourth-order valence-corrected chi connectivity index (χ4v) is 4.04. The number of nitro groups is 1. The van der Waals surface area contributed by atoms with Crippen molar-refractivity contribution in [3.05, 3.63) is 50.9 Å². The molecule has 1 aromatic heterocycles. The summed E-state index contributed by atoms with van der Waals surface area (Å²) >= 11 is 0.949. The van der Waals surface area contributed by atoms with E-state index < -0.39 is 20.9 Å². The molecular weight excluding hydrogens is 344 g/mol. The zero-order valence-electron chi connectivity index (χ0n) is 12.1. The van der Waals surface area contributed by atoms with Crippen LogP contribution in [0.2, 0.25) is 0 Å². The number of aryl methyl sites for hydroxylation is 1. The standard InChI is InChI=1S/C13H12N2O6S2/c1-8-7-11(22-12(8)13(16)21-2)14-23(19,20)10-5-3-9(4-6-10)15(17)18/h3-7,14H,1-2H3. The fourth-order valence-electron chi connectivity index (χ4n) is 1.77. The van der Waals surface area contributed by atoms with E-state index in [2.05, 4.69) is 9.46 Å². The van der Waals surface area contributed by atoms with Crippen LogP contribution in [0.4, 0.5) is 10.7 Å². The highest BCUT2D eigenvalue weighted by molar-refractivity contribution is 7.93. The van der Waals surface area contributed by atoms with Gasteiger partial charge in [0.2, 0.25) is 0 Å². The molecule has 8 nitrogen and oxygen atoms in total. The minimum absolute atomic E-state index is 0.117. The molecule has 0 saturated heterocycles. The predicted molar refractivity (Wildman–Crippen MR) is 84.3 cm³/mol. The van der Waals surface area contributed by atoms with Gasteiger partial charge in [-0.2, -0.15) is 0 Å². The fraction of sp³-hybridized carbons (Fsp3) is 0.154. The van der Waals surface area contributed by atoms with Crippen LogP contribution in [-0.2, 0) is 14.8 Å². The second kappa shape index (κ2) is 6.34. The molecule has 2 aromatic rings. The summed E-state index contributed by atoms with van der Waals surface area (Å²) in [6.45, 7) is 1.66. The Morgan fingerprint density at radius 1 is 1.30 bits per heavy atom. The third kappa shape index (κ3) is 3.66. The third-order valence-electron chi connectivity index (χ3n) is 2.88. The number of anilines is 1. The Hall–Kier alpha value is -2.46. The summed E-state index contributed by atoms with van der Waals surface area (Å²) in [5.74, 6) is -0.548. The Labute approximate surface area is 135 Å². The lowest BCUT2D eigenvalue weighted by atomic mass is 10.3. The molecule has 122 valence electrons. The summed E-state index contributed by atoms with van der Waals surface area (Å²) in [4.78, 5) is 21.7. The van der Waals surface area contributed by atoms with Crippen molar-refractivity contribution in [3.8, 4) is 0 Å². The van der Waals surface area contributed by atoms with Crippen LogP contribution in [0, 0.1) is 17.0 Å². The maximum Gasteiger partial charge on any atom is 0.348 e. The average molecular weight is 356 g/mol. The summed E-state index contributed by atoms with van der Waals surface area (Å²) in [5, 5.41) is 10.8. The number of non-ortho nitro benzene ring substituents is 1. The zero-order chi connectivity index (χ0) is 17.2. The van der Waals surface area contributed by atoms with Crippen molar-refractivity contribution >= 4 is 38.0 Å². The lowest BCUT2D eigenvalue weighted by Crippen LogP contribution is -2.11. The van der Waals surface area contributed by atoms with Crippen molar-refractivity contribution in [1.82, 2.24) is 0 Å². The first-order valence-electron chi connectivity index (χ1n) is 6.20. The molecule has 1 heterocycles. The van der Waals surface area contributed by atoms with E-state index in [0.717, 1.165) is 35.6 Å². The van der Waals surface area contributed by atoms with E-state index in [1.54, 1.807) is 6.92 Å². The molecule has 0 unspecified atom stereocenters. The van der Waals surface area contributed by atoms with Crippen LogP contribution in [0.3, 0.4) is 0 Å². The Morgan fingerprint density at radius 2 is 1.91 bits per heavy atom. The van der Waals surface area contributed by atoms with Crippen molar-refractivity contribution in [2.24, 2.45) is 0 Å². The van der Waals surface area contributed by atoms with Gasteiger partial charge in [0.1, 0.15) is 9.88 Å². The van der Waals surface area contributed by atoms with E-state index in [1.807, 2.05) is 0 Å². The van der Waals surface area contributed by atoms with Gasteiger partial charge in [-0.1, -0.05) is 0 Å². The van der Waals surface area contributed by atoms with Crippen molar-refractivity contribution in [2.75, 3.05) is 11.8 Å². The highest BCUT2D eigenvalue weighted by Gasteiger charge is 2.20. The van der Waals surface area contributed by atoms with Gasteiger partial charge in [-0.15, -0.1) is 11.3 Å². The van der Waals surface area contributed by atoms with Crippen LogP contribution in [0.25, 0.3) is 0 Å². The summed E-state index contributed by atoms with van der Waals surface area (Å²) in [6.07, 6.45) is 0. The van der Waals surface area contributed by atoms with E-state index in [0.29, 0.717) is 10.4 Å². The first-order chi connectivity index (χ1) is 10.7. The number of benzene rings is 1. The molecule has 0 saturated carbocycles. The largest absolute Gasteiger partial charge is 0.465 e. The summed E-state index contributed by atoms with van der Waals surface area (Å²) in [7, 11) is -2.67. The van der Waals surface area contributed by atoms with Gasteiger partial charge >= 0.3 is 5.97 Å². The number of sulfonamides is 1. The number of carbonyl (C=O) groups excluding carboxylic acids is 1. The number of hydrogen-bond donors (Lipinski definition) is 1. The van der Waals surface area contributed by atoms with Crippen molar-refractivity contribution < 1.29 is 22.9 Å². The van der Waals surface area contributed by atoms with E-state index in [4.69, 9.17) is 0 Å². The van der Waals surface area contributed by atoms with E-state index in [9.17, 15) is 23.3 Å². The van der Waals surface area contributed by atoms with Gasteiger partial charge < -0.3 is 4.74 Å². The number of nitrogens with zero attached hydrogens (tertiary/aromatic N) is 1. The second-order valence-electron chi connectivity index (χ2n) is 4.47. The third-order valence-corrected chi connectivity index (χ3v) is 5.52. The first kappa shape index (κ1) is 16.9. The van der Waals surface area contributed by atoms with Crippen LogP contribution < -0.4 is 4.72 Å². The van der Waals surface area contributed by atoms with Gasteiger partial charge in [-0.25, -0.2) is 13.2 Å². The van der Waals surface area contributed by atoms with Crippen molar-refractivity contribution in [3.63, 3.8) is 0 Å². The summed E-state index contributed by atoms with van der Waals surface area (Å²) in [6, 6.07) is 6.01. The molecule has 2 rings (SSSR count). The van der Waals surface area contributed by atoms with Gasteiger partial charge in [0.15, 0.2) is 0 Å². The highest BCUT2D eigenvalue weighted by Crippen LogP contribution is 2.29. The van der Waals surface area contributed by atoms with Crippen LogP contribution >= 0.6 is 11.3 Å². The number of esters is 1. The average Bonchev–Trinajstić information content (AvgIpc) is 2.86. The first-order valence-corrected chi connectivity index (χ1v) is 8.50. The van der Waals surface area contributed by atoms with E-state index in [-0.39, 0.29) is 15.6 Å². The molecule has 0 aliphatic heterocycles. The normalized spacial score (nSPS) is 11.0. The molecule has 1 aromatic carbocycles. The molecule has 0 amide bonds. The minimum atomic E-state index is -3.91. The molecule has 0 spiro atoms. The Bertz CT molecular complexity index is 855. The van der Waals surface area contributed by atoms with Crippen molar-refractivity contribution in [2.45, 2.75) is 11.8 Å². The molecule has 1 N–H and O–H groups in total. The minimum Gasteiger partial charge on any atom is -0.465 e. The molecule has 0 fully saturated rings. The molecule has 0 atom stereocenters. The quantitative estimate of drug-likeness (QED) is 0.500. The number of hydrogen-bond acceptors (Lipinski definition) is 7. The summed E-state index contributed by atoms with van der Waals surface area (Å²) < 4.78 is 31.5. The van der Waals surface area contributed by atoms with E-state index >= 15 is 0 Å². The van der Waals surface area contributed by atoms with Crippen LogP contribution in [0.5, 0.6) is 0 Å². The van der Waals surface area contributed by atoms with Crippen LogP contribution in [0.15, 0.2) is 35.2 Å². The number of carbonyl (C=O) groups is 1. The summed E-state index contributed by atoms with van der Waals surface area (Å²) in [5.41, 5.74) is 0.382. The lowest BCUT2D eigenvalue weighted by Gasteiger charge is -2.05. The Kier molecular flexibility index (Phi) is 4.66. The molecular formula is C13H12N2O6S2. The molecule has 0 aliphatic carbocycles. The van der Waals surface area contributed by atoms with Crippen LogP contribution in [-0.4, -0.2) is 26.4 Å². The van der Waals surface area contributed by atoms with Gasteiger partial charge in [0.25, 0.3) is 15.7 Å². The number of rotatable bonds is 5. The lowest BCUT2D eigenvalue weighted by molar-refractivity contribution is -0.384. The van der Waals surface area contributed by atoms with Crippen molar-refractivity contribution in [1.29, 1.82) is 0 Å². The van der Waals surface area contributed by atoms with Gasteiger partial charge in [0, 0.05) is 12.1 Å².